The van der Waals surface area contributed by atoms with Crippen molar-refractivity contribution in [3.05, 3.63) is 0 Å². The zero-order valence-electron chi connectivity index (χ0n) is 12.0. The maximum absolute atomic E-state index is 12.1. The van der Waals surface area contributed by atoms with Crippen LogP contribution in [0.25, 0.3) is 0 Å². The number of esters is 1. The highest BCUT2D eigenvalue weighted by atomic mass is 32.2. The molecule has 0 bridgehead atoms. The van der Waals surface area contributed by atoms with Gasteiger partial charge < -0.3 is 15.4 Å². The highest BCUT2D eigenvalue weighted by Gasteiger charge is 2.29. The topological polar surface area (TPSA) is 67.4 Å². The summed E-state index contributed by atoms with van der Waals surface area (Å²) in [5, 5.41) is 6.36. The third-order valence-electron chi connectivity index (χ3n) is 3.93. The van der Waals surface area contributed by atoms with Gasteiger partial charge in [-0.25, -0.2) is 0 Å². The second-order valence-electron chi connectivity index (χ2n) is 5.39. The van der Waals surface area contributed by atoms with Crippen LogP contribution in [0, 0.1) is 5.92 Å². The molecule has 0 spiro atoms. The molecule has 0 aromatic rings. The van der Waals surface area contributed by atoms with Crippen molar-refractivity contribution >= 4 is 23.6 Å². The van der Waals surface area contributed by atoms with Gasteiger partial charge in [-0.1, -0.05) is 0 Å². The Labute approximate surface area is 124 Å². The number of hydrogen-bond acceptors (Lipinski definition) is 5. The van der Waals surface area contributed by atoms with Gasteiger partial charge in [0, 0.05) is 24.1 Å². The van der Waals surface area contributed by atoms with Gasteiger partial charge in [-0.05, 0) is 32.6 Å². The van der Waals surface area contributed by atoms with Crippen molar-refractivity contribution in [2.24, 2.45) is 5.92 Å². The summed E-state index contributed by atoms with van der Waals surface area (Å²) in [6.07, 6.45) is 3.37. The van der Waals surface area contributed by atoms with Crippen molar-refractivity contribution in [1.29, 1.82) is 0 Å². The molecule has 1 atom stereocenters. The molecule has 1 heterocycles. The van der Waals surface area contributed by atoms with Crippen LogP contribution in [0.4, 0.5) is 0 Å². The summed E-state index contributed by atoms with van der Waals surface area (Å²) in [4.78, 5) is 23.8. The van der Waals surface area contributed by atoms with Crippen LogP contribution in [0.1, 0.15) is 32.6 Å². The maximum Gasteiger partial charge on any atom is 0.308 e. The molecule has 1 saturated heterocycles. The van der Waals surface area contributed by atoms with Gasteiger partial charge in [0.1, 0.15) is 0 Å². The predicted octanol–water partition coefficient (Wildman–Crippen LogP) is 0.929. The molecular weight excluding hydrogens is 276 g/mol. The quantitative estimate of drug-likeness (QED) is 0.756. The van der Waals surface area contributed by atoms with E-state index in [2.05, 4.69) is 10.6 Å². The van der Waals surface area contributed by atoms with Crippen LogP contribution in [0.2, 0.25) is 0 Å². The number of hydrogen-bond donors (Lipinski definition) is 2. The van der Waals surface area contributed by atoms with Gasteiger partial charge in [0.05, 0.1) is 18.6 Å². The largest absolute Gasteiger partial charge is 0.466 e. The van der Waals surface area contributed by atoms with Crippen LogP contribution >= 0.6 is 11.8 Å². The van der Waals surface area contributed by atoms with Crippen molar-refractivity contribution in [2.45, 2.75) is 44.7 Å². The number of amides is 1. The molecule has 2 fully saturated rings. The monoisotopic (exact) mass is 300 g/mol. The minimum atomic E-state index is -0.0809. The lowest BCUT2D eigenvalue weighted by atomic mass is 9.86. The second kappa shape index (κ2) is 7.88. The van der Waals surface area contributed by atoms with Crippen molar-refractivity contribution < 1.29 is 14.3 Å². The van der Waals surface area contributed by atoms with Crippen LogP contribution in [0.3, 0.4) is 0 Å². The van der Waals surface area contributed by atoms with Gasteiger partial charge in [0.15, 0.2) is 0 Å². The Hall–Kier alpha value is -0.750. The first-order valence-electron chi connectivity index (χ1n) is 7.49. The molecule has 114 valence electrons. The Kier molecular flexibility index (Phi) is 6.16. The van der Waals surface area contributed by atoms with E-state index in [1.807, 2.05) is 18.7 Å². The Morgan fingerprint density at radius 1 is 1.30 bits per heavy atom. The first-order chi connectivity index (χ1) is 9.70. The van der Waals surface area contributed by atoms with Crippen molar-refractivity contribution in [3.8, 4) is 0 Å². The third kappa shape index (κ3) is 4.38. The lowest BCUT2D eigenvalue weighted by Gasteiger charge is -2.30. The summed E-state index contributed by atoms with van der Waals surface area (Å²) in [5.41, 5.74) is 0. The number of carbonyl (C=O) groups is 2. The van der Waals surface area contributed by atoms with Gasteiger partial charge >= 0.3 is 5.97 Å². The number of ether oxygens (including phenoxy) is 1. The number of nitrogens with one attached hydrogen (secondary N) is 2. The minimum absolute atomic E-state index is 0.0199. The van der Waals surface area contributed by atoms with E-state index >= 15 is 0 Å². The molecule has 1 amide bonds. The summed E-state index contributed by atoms with van der Waals surface area (Å²) in [7, 11) is 0. The SMILES string of the molecule is CCOC(=O)C1CCC(NC(=O)C2CSCCN2)CC1. The molecule has 20 heavy (non-hydrogen) atoms. The molecule has 0 aromatic carbocycles. The van der Waals surface area contributed by atoms with E-state index in [0.29, 0.717) is 6.61 Å². The normalized spacial score (nSPS) is 30.6. The van der Waals surface area contributed by atoms with E-state index in [1.165, 1.54) is 0 Å². The second-order valence-corrected chi connectivity index (χ2v) is 6.54. The summed E-state index contributed by atoms with van der Waals surface area (Å²) in [5.74, 6) is 1.98. The predicted molar refractivity (Wildman–Crippen MR) is 79.6 cm³/mol. The number of rotatable bonds is 4. The van der Waals surface area contributed by atoms with Gasteiger partial charge in [-0.2, -0.15) is 11.8 Å². The van der Waals surface area contributed by atoms with Crippen LogP contribution in [-0.2, 0) is 14.3 Å². The van der Waals surface area contributed by atoms with Crippen molar-refractivity contribution in [2.75, 3.05) is 24.7 Å². The molecule has 2 aliphatic rings. The smallest absolute Gasteiger partial charge is 0.308 e. The van der Waals surface area contributed by atoms with Crippen LogP contribution in [-0.4, -0.2) is 48.6 Å². The molecule has 2 N–H and O–H groups in total. The lowest BCUT2D eigenvalue weighted by Crippen LogP contribution is -2.52. The molecule has 1 aliphatic carbocycles. The molecule has 1 unspecified atom stereocenters. The molecule has 2 rings (SSSR count). The summed E-state index contributed by atoms with van der Waals surface area (Å²) < 4.78 is 5.05. The Morgan fingerprint density at radius 2 is 2.05 bits per heavy atom. The number of thioether (sulfide) groups is 1. The van der Waals surface area contributed by atoms with Crippen LogP contribution in [0.15, 0.2) is 0 Å². The minimum Gasteiger partial charge on any atom is -0.466 e. The van der Waals surface area contributed by atoms with Crippen LogP contribution in [0.5, 0.6) is 0 Å². The number of carbonyl (C=O) groups excluding carboxylic acids is 2. The van der Waals surface area contributed by atoms with Gasteiger partial charge in [0.25, 0.3) is 0 Å². The Morgan fingerprint density at radius 3 is 2.65 bits per heavy atom. The van der Waals surface area contributed by atoms with Gasteiger partial charge in [0.2, 0.25) is 5.91 Å². The standard InChI is InChI=1S/C14H24N2O3S/c1-2-19-14(18)10-3-5-11(6-4-10)16-13(17)12-9-20-8-7-15-12/h10-12,15H,2-9H2,1H3,(H,16,17). The fourth-order valence-electron chi connectivity index (χ4n) is 2.77. The van der Waals surface area contributed by atoms with E-state index in [0.717, 1.165) is 43.7 Å². The molecule has 1 aliphatic heterocycles. The highest BCUT2D eigenvalue weighted by Crippen LogP contribution is 2.25. The van der Waals surface area contributed by atoms with Gasteiger partial charge in [-0.15, -0.1) is 0 Å². The van der Waals surface area contributed by atoms with E-state index < -0.39 is 0 Å². The molecule has 0 aromatic heterocycles. The fourth-order valence-corrected chi connectivity index (χ4v) is 3.70. The van der Waals surface area contributed by atoms with E-state index in [1.54, 1.807) is 0 Å². The Balaban J connectivity index is 1.71. The summed E-state index contributed by atoms with van der Waals surface area (Å²) in [6, 6.07) is 0.151. The first-order valence-corrected chi connectivity index (χ1v) is 8.64. The summed E-state index contributed by atoms with van der Waals surface area (Å²) >= 11 is 1.82. The molecule has 1 saturated carbocycles. The highest BCUT2D eigenvalue weighted by molar-refractivity contribution is 7.99. The first kappa shape index (κ1) is 15.6. The van der Waals surface area contributed by atoms with Gasteiger partial charge in [-0.3, -0.25) is 9.59 Å². The van der Waals surface area contributed by atoms with E-state index in [4.69, 9.17) is 4.74 Å². The molecular formula is C14H24N2O3S. The van der Waals surface area contributed by atoms with Crippen molar-refractivity contribution in [3.63, 3.8) is 0 Å². The van der Waals surface area contributed by atoms with Crippen LogP contribution < -0.4 is 10.6 Å². The van der Waals surface area contributed by atoms with E-state index in [-0.39, 0.29) is 29.9 Å². The summed E-state index contributed by atoms with van der Waals surface area (Å²) in [6.45, 7) is 3.18. The van der Waals surface area contributed by atoms with E-state index in [9.17, 15) is 9.59 Å². The zero-order chi connectivity index (χ0) is 14.4. The fraction of sp³-hybridized carbons (Fsp3) is 0.857. The van der Waals surface area contributed by atoms with Crippen molar-refractivity contribution in [1.82, 2.24) is 10.6 Å². The molecule has 0 radical (unpaired) electrons. The average molecular weight is 300 g/mol. The molecule has 6 heteroatoms. The molecule has 5 nitrogen and oxygen atoms in total. The zero-order valence-corrected chi connectivity index (χ0v) is 12.8. The lowest BCUT2D eigenvalue weighted by molar-refractivity contribution is -0.149. The average Bonchev–Trinajstić information content (AvgIpc) is 2.49. The maximum atomic E-state index is 12.1. The third-order valence-corrected chi connectivity index (χ3v) is 4.99. The Bertz CT molecular complexity index is 337.